The molecule has 1 aromatic heterocycles. The molecule has 1 heterocycles. The fraction of sp³-hybridized carbons (Fsp3) is 0. The van der Waals surface area contributed by atoms with Crippen LogP contribution in [-0.4, -0.2) is 10.9 Å². The molecule has 1 aromatic carbocycles. The van der Waals surface area contributed by atoms with Gasteiger partial charge in [-0.05, 0) is 24.1 Å². The smallest absolute Gasteiger partial charge is 0.293 e. The van der Waals surface area contributed by atoms with Crippen molar-refractivity contribution in [2.75, 3.05) is 0 Å². The molecule has 0 saturated carbocycles. The number of carbonyl (C=O) groups is 1. The Bertz CT molecular complexity index is 548. The van der Waals surface area contributed by atoms with Crippen LogP contribution in [0, 0.1) is 11.8 Å². The monoisotopic (exact) mass is 202 g/mol. The van der Waals surface area contributed by atoms with Gasteiger partial charge in [-0.2, -0.15) is 0 Å². The van der Waals surface area contributed by atoms with Gasteiger partial charge in [-0.1, -0.05) is 5.92 Å². The zero-order chi connectivity index (χ0) is 9.97. The minimum atomic E-state index is -0.622. The van der Waals surface area contributed by atoms with Crippen molar-refractivity contribution >= 4 is 27.5 Å². The van der Waals surface area contributed by atoms with Crippen molar-refractivity contribution in [2.24, 2.45) is 5.73 Å². The van der Waals surface area contributed by atoms with Crippen molar-refractivity contribution in [3.8, 4) is 11.8 Å². The zero-order valence-corrected chi connectivity index (χ0v) is 7.97. The third kappa shape index (κ3) is 1.73. The van der Waals surface area contributed by atoms with Crippen LogP contribution in [0.3, 0.4) is 0 Å². The molecule has 1 amide bonds. The lowest BCUT2D eigenvalue weighted by molar-refractivity contribution is -0.112. The largest absolute Gasteiger partial charge is 0.359 e. The molecule has 0 atom stereocenters. The molecule has 2 N–H and O–H groups in total. The van der Waals surface area contributed by atoms with Crippen molar-refractivity contribution in [2.45, 2.75) is 0 Å². The van der Waals surface area contributed by atoms with E-state index in [2.05, 4.69) is 16.8 Å². The number of thiazole rings is 1. The van der Waals surface area contributed by atoms with Crippen molar-refractivity contribution in [3.05, 3.63) is 29.3 Å². The Morgan fingerprint density at radius 2 is 2.36 bits per heavy atom. The summed E-state index contributed by atoms with van der Waals surface area (Å²) < 4.78 is 1.11. The van der Waals surface area contributed by atoms with E-state index in [0.29, 0.717) is 0 Å². The molecule has 0 spiro atoms. The van der Waals surface area contributed by atoms with Gasteiger partial charge in [-0.25, -0.2) is 4.98 Å². The highest BCUT2D eigenvalue weighted by molar-refractivity contribution is 7.16. The van der Waals surface area contributed by atoms with Gasteiger partial charge in [0.2, 0.25) is 0 Å². The summed E-state index contributed by atoms with van der Waals surface area (Å²) in [4.78, 5) is 14.6. The number of rotatable bonds is 0. The lowest BCUT2D eigenvalue weighted by Gasteiger charge is -1.89. The topological polar surface area (TPSA) is 56.0 Å². The molecular weight excluding hydrogens is 196 g/mol. The second-order valence-electron chi connectivity index (χ2n) is 2.65. The Labute approximate surface area is 84.6 Å². The van der Waals surface area contributed by atoms with Crippen molar-refractivity contribution in [3.63, 3.8) is 0 Å². The van der Waals surface area contributed by atoms with Gasteiger partial charge in [0.05, 0.1) is 15.7 Å². The minimum absolute atomic E-state index is 0.622. The Hall–Kier alpha value is -1.86. The van der Waals surface area contributed by atoms with Gasteiger partial charge < -0.3 is 5.73 Å². The van der Waals surface area contributed by atoms with Gasteiger partial charge in [0.25, 0.3) is 5.91 Å². The lowest BCUT2D eigenvalue weighted by atomic mass is 10.2. The number of primary amides is 1. The van der Waals surface area contributed by atoms with Gasteiger partial charge in [-0.15, -0.1) is 11.3 Å². The maximum atomic E-state index is 10.4. The molecule has 68 valence electrons. The van der Waals surface area contributed by atoms with Gasteiger partial charge in [0, 0.05) is 5.56 Å². The average molecular weight is 202 g/mol. The van der Waals surface area contributed by atoms with Crippen LogP contribution in [0.4, 0.5) is 0 Å². The standard InChI is InChI=1S/C10H6N2OS/c11-10(13)4-2-7-1-3-9-8(5-7)12-6-14-9/h1,3,5-6H,(H2,11,13). The van der Waals surface area contributed by atoms with Crippen LogP contribution in [0.5, 0.6) is 0 Å². The Kier molecular flexibility index (Phi) is 2.17. The second kappa shape index (κ2) is 3.48. The Balaban J connectivity index is 2.45. The molecule has 0 unspecified atom stereocenters. The molecule has 0 fully saturated rings. The minimum Gasteiger partial charge on any atom is -0.359 e. The molecule has 0 radical (unpaired) electrons. The van der Waals surface area contributed by atoms with Crippen molar-refractivity contribution in [1.29, 1.82) is 0 Å². The maximum absolute atomic E-state index is 10.4. The highest BCUT2D eigenvalue weighted by Gasteiger charge is 1.96. The van der Waals surface area contributed by atoms with Crippen LogP contribution >= 0.6 is 11.3 Å². The van der Waals surface area contributed by atoms with Crippen molar-refractivity contribution in [1.82, 2.24) is 4.98 Å². The average Bonchev–Trinajstić information content (AvgIpc) is 2.61. The first-order valence-corrected chi connectivity index (χ1v) is 4.78. The van der Waals surface area contributed by atoms with Crippen LogP contribution in [0.15, 0.2) is 23.7 Å². The molecule has 2 aromatic rings. The number of fused-ring (bicyclic) bond motifs is 1. The molecule has 4 heteroatoms. The number of nitrogens with zero attached hydrogens (tertiary/aromatic N) is 1. The summed E-state index contributed by atoms with van der Waals surface area (Å²) in [6.45, 7) is 0. The van der Waals surface area contributed by atoms with Gasteiger partial charge in [-0.3, -0.25) is 4.79 Å². The lowest BCUT2D eigenvalue weighted by Crippen LogP contribution is -2.06. The summed E-state index contributed by atoms with van der Waals surface area (Å²) in [5, 5.41) is 0. The predicted molar refractivity (Wildman–Crippen MR) is 55.7 cm³/mol. The molecule has 0 saturated heterocycles. The van der Waals surface area contributed by atoms with E-state index in [9.17, 15) is 4.79 Å². The van der Waals surface area contributed by atoms with Crippen LogP contribution in [0.2, 0.25) is 0 Å². The van der Waals surface area contributed by atoms with Gasteiger partial charge in [0.15, 0.2) is 0 Å². The first kappa shape index (κ1) is 8.73. The number of benzene rings is 1. The van der Waals surface area contributed by atoms with E-state index in [1.165, 1.54) is 0 Å². The highest BCUT2D eigenvalue weighted by atomic mass is 32.1. The molecular formula is C10H6N2OS. The molecule has 2 rings (SSSR count). The summed E-state index contributed by atoms with van der Waals surface area (Å²) in [5.41, 5.74) is 8.33. The van der Waals surface area contributed by atoms with E-state index < -0.39 is 5.91 Å². The van der Waals surface area contributed by atoms with E-state index in [1.54, 1.807) is 16.8 Å². The number of aromatic nitrogens is 1. The molecule has 0 bridgehead atoms. The Morgan fingerprint density at radius 3 is 3.14 bits per heavy atom. The second-order valence-corrected chi connectivity index (χ2v) is 3.54. The molecule has 0 aliphatic rings. The van der Waals surface area contributed by atoms with Gasteiger partial charge in [0.1, 0.15) is 0 Å². The van der Waals surface area contributed by atoms with E-state index in [1.807, 2.05) is 18.2 Å². The number of hydrogen-bond acceptors (Lipinski definition) is 3. The summed E-state index contributed by atoms with van der Waals surface area (Å²) in [7, 11) is 0. The summed E-state index contributed by atoms with van der Waals surface area (Å²) >= 11 is 1.57. The normalized spacial score (nSPS) is 9.43. The molecule has 0 aliphatic heterocycles. The zero-order valence-electron chi connectivity index (χ0n) is 7.15. The quantitative estimate of drug-likeness (QED) is 0.651. The van der Waals surface area contributed by atoms with Crippen LogP contribution in [0.25, 0.3) is 10.2 Å². The number of hydrogen-bond donors (Lipinski definition) is 1. The predicted octanol–water partition coefficient (Wildman–Crippen LogP) is 1.13. The van der Waals surface area contributed by atoms with Crippen molar-refractivity contribution < 1.29 is 4.79 Å². The molecule has 0 aliphatic carbocycles. The summed E-state index contributed by atoms with van der Waals surface area (Å²) in [6, 6.07) is 5.61. The molecule has 3 nitrogen and oxygen atoms in total. The van der Waals surface area contributed by atoms with Crippen LogP contribution in [0.1, 0.15) is 5.56 Å². The van der Waals surface area contributed by atoms with E-state index in [4.69, 9.17) is 5.73 Å². The number of carbonyl (C=O) groups excluding carboxylic acids is 1. The third-order valence-electron chi connectivity index (χ3n) is 1.66. The number of nitrogens with two attached hydrogens (primary N) is 1. The van der Waals surface area contributed by atoms with Crippen LogP contribution in [-0.2, 0) is 4.79 Å². The van der Waals surface area contributed by atoms with Gasteiger partial charge >= 0.3 is 0 Å². The fourth-order valence-electron chi connectivity index (χ4n) is 1.07. The first-order valence-electron chi connectivity index (χ1n) is 3.90. The Morgan fingerprint density at radius 1 is 1.50 bits per heavy atom. The van der Waals surface area contributed by atoms with E-state index in [-0.39, 0.29) is 0 Å². The van der Waals surface area contributed by atoms with E-state index in [0.717, 1.165) is 15.8 Å². The summed E-state index contributed by atoms with van der Waals surface area (Å²) in [6.07, 6.45) is 0. The maximum Gasteiger partial charge on any atom is 0.293 e. The molecule has 14 heavy (non-hydrogen) atoms. The van der Waals surface area contributed by atoms with Crippen LogP contribution < -0.4 is 5.73 Å². The third-order valence-corrected chi connectivity index (χ3v) is 2.47. The highest BCUT2D eigenvalue weighted by Crippen LogP contribution is 2.18. The summed E-state index contributed by atoms with van der Waals surface area (Å²) in [5.74, 6) is 4.33. The van der Waals surface area contributed by atoms with E-state index >= 15 is 0 Å². The SMILES string of the molecule is NC(=O)C#Cc1ccc2scnc2c1. The number of amides is 1. The fourth-order valence-corrected chi connectivity index (χ4v) is 1.73. The first-order chi connectivity index (χ1) is 6.75.